The van der Waals surface area contributed by atoms with Crippen LogP contribution in [-0.4, -0.2) is 0 Å². The van der Waals surface area contributed by atoms with Crippen LogP contribution in [0.4, 0.5) is 5.69 Å². The molecule has 2 N–H and O–H groups in total. The summed E-state index contributed by atoms with van der Waals surface area (Å²) in [5.41, 5.74) is 6.63. The lowest BCUT2D eigenvalue weighted by atomic mass is 10.1. The van der Waals surface area contributed by atoms with Crippen LogP contribution in [0.15, 0.2) is 12.1 Å². The summed E-state index contributed by atoms with van der Waals surface area (Å²) >= 11 is 11.5. The van der Waals surface area contributed by atoms with E-state index >= 15 is 0 Å². The van der Waals surface area contributed by atoms with Gasteiger partial charge in [0.05, 0.1) is 23.2 Å². The molecule has 0 aliphatic rings. The molecule has 2 nitrogen and oxygen atoms in total. The van der Waals surface area contributed by atoms with E-state index in [-0.39, 0.29) is 6.42 Å². The lowest BCUT2D eigenvalue weighted by Crippen LogP contribution is -1.90. The molecule has 1 rings (SSSR count). The van der Waals surface area contributed by atoms with E-state index in [9.17, 15) is 0 Å². The Morgan fingerprint density at radius 1 is 1.33 bits per heavy atom. The molecule has 0 saturated carbocycles. The maximum absolute atomic E-state index is 8.42. The maximum atomic E-state index is 8.42. The number of nitriles is 1. The molecule has 0 aliphatic carbocycles. The van der Waals surface area contributed by atoms with Gasteiger partial charge in [0.2, 0.25) is 0 Å². The summed E-state index contributed by atoms with van der Waals surface area (Å²) in [6.07, 6.45) is 0.249. The number of nitrogens with two attached hydrogens (primary N) is 1. The molecule has 0 atom stereocenters. The van der Waals surface area contributed by atoms with Crippen molar-refractivity contribution in [2.24, 2.45) is 0 Å². The fourth-order valence-electron chi connectivity index (χ4n) is 0.824. The number of nitrogens with zero attached hydrogens (tertiary/aromatic N) is 1. The summed E-state index contributed by atoms with van der Waals surface area (Å²) in [4.78, 5) is 0. The van der Waals surface area contributed by atoms with E-state index < -0.39 is 0 Å². The van der Waals surface area contributed by atoms with Gasteiger partial charge in [-0.25, -0.2) is 0 Å². The third-order valence-electron chi connectivity index (χ3n) is 1.44. The first-order valence-corrected chi connectivity index (χ1v) is 4.01. The molecule has 0 saturated heterocycles. The Labute approximate surface area is 80.5 Å². The molecule has 0 bridgehead atoms. The molecule has 0 spiro atoms. The Bertz CT molecular complexity index is 342. The average molecular weight is 201 g/mol. The van der Waals surface area contributed by atoms with E-state index in [1.165, 1.54) is 0 Å². The Balaban J connectivity index is 3.16. The van der Waals surface area contributed by atoms with Crippen LogP contribution in [0.25, 0.3) is 0 Å². The number of rotatable bonds is 1. The summed E-state index contributed by atoms with van der Waals surface area (Å²) in [5.74, 6) is 0. The van der Waals surface area contributed by atoms with Crippen LogP contribution in [0.2, 0.25) is 10.0 Å². The first kappa shape index (κ1) is 9.18. The lowest BCUT2D eigenvalue weighted by Gasteiger charge is -2.02. The minimum absolute atomic E-state index is 0.249. The van der Waals surface area contributed by atoms with Gasteiger partial charge in [-0.3, -0.25) is 0 Å². The van der Waals surface area contributed by atoms with Crippen molar-refractivity contribution in [3.63, 3.8) is 0 Å². The molecular formula is C8H6Cl2N2. The van der Waals surface area contributed by atoms with E-state index in [1.54, 1.807) is 12.1 Å². The predicted octanol–water partition coefficient (Wildman–Crippen LogP) is 2.64. The van der Waals surface area contributed by atoms with Crippen LogP contribution in [-0.2, 0) is 6.42 Å². The summed E-state index contributed by atoms with van der Waals surface area (Å²) in [6, 6.07) is 5.15. The average Bonchev–Trinajstić information content (AvgIpc) is 2.01. The van der Waals surface area contributed by atoms with E-state index in [1.807, 2.05) is 6.07 Å². The molecule has 0 amide bonds. The van der Waals surface area contributed by atoms with Gasteiger partial charge in [-0.15, -0.1) is 0 Å². The first-order chi connectivity index (χ1) is 5.65. The third-order valence-corrected chi connectivity index (χ3v) is 2.11. The van der Waals surface area contributed by atoms with E-state index in [0.717, 1.165) is 0 Å². The fourth-order valence-corrected chi connectivity index (χ4v) is 1.25. The molecule has 0 aliphatic heterocycles. The zero-order valence-electron chi connectivity index (χ0n) is 6.14. The fraction of sp³-hybridized carbons (Fsp3) is 0.125. The molecule has 0 fully saturated rings. The molecule has 62 valence electrons. The number of hydrogen-bond donors (Lipinski definition) is 1. The van der Waals surface area contributed by atoms with Crippen LogP contribution in [0.3, 0.4) is 0 Å². The van der Waals surface area contributed by atoms with Gasteiger partial charge in [-0.2, -0.15) is 5.26 Å². The van der Waals surface area contributed by atoms with Crippen molar-refractivity contribution >= 4 is 28.9 Å². The highest BCUT2D eigenvalue weighted by Gasteiger charge is 2.03. The minimum Gasteiger partial charge on any atom is -0.397 e. The van der Waals surface area contributed by atoms with Gasteiger partial charge in [0.25, 0.3) is 0 Å². The summed E-state index contributed by atoms with van der Waals surface area (Å²) in [7, 11) is 0. The van der Waals surface area contributed by atoms with Crippen molar-refractivity contribution in [3.8, 4) is 6.07 Å². The van der Waals surface area contributed by atoms with Crippen molar-refractivity contribution in [2.45, 2.75) is 6.42 Å². The molecule has 4 heteroatoms. The maximum Gasteiger partial charge on any atom is 0.0670 e. The smallest absolute Gasteiger partial charge is 0.0670 e. The Morgan fingerprint density at radius 2 is 2.00 bits per heavy atom. The van der Waals surface area contributed by atoms with Gasteiger partial charge in [0.15, 0.2) is 0 Å². The van der Waals surface area contributed by atoms with Gasteiger partial charge >= 0.3 is 0 Å². The summed E-state index contributed by atoms with van der Waals surface area (Å²) < 4.78 is 0. The molecule has 0 unspecified atom stereocenters. The molecule has 1 aromatic carbocycles. The zero-order valence-corrected chi connectivity index (χ0v) is 7.65. The monoisotopic (exact) mass is 200 g/mol. The van der Waals surface area contributed by atoms with Gasteiger partial charge in [0, 0.05) is 5.02 Å². The highest BCUT2D eigenvalue weighted by molar-refractivity contribution is 6.35. The largest absolute Gasteiger partial charge is 0.397 e. The van der Waals surface area contributed by atoms with Crippen molar-refractivity contribution in [1.29, 1.82) is 5.26 Å². The highest BCUT2D eigenvalue weighted by Crippen LogP contribution is 2.26. The number of benzene rings is 1. The quantitative estimate of drug-likeness (QED) is 0.710. The predicted molar refractivity (Wildman–Crippen MR) is 50.2 cm³/mol. The normalized spacial score (nSPS) is 9.42. The van der Waals surface area contributed by atoms with Crippen LogP contribution in [0.5, 0.6) is 0 Å². The second-order valence-electron chi connectivity index (χ2n) is 2.30. The van der Waals surface area contributed by atoms with Crippen molar-refractivity contribution in [3.05, 3.63) is 27.7 Å². The molecule has 0 radical (unpaired) electrons. The summed E-state index contributed by atoms with van der Waals surface area (Å²) in [5, 5.41) is 9.34. The minimum atomic E-state index is 0.249. The molecule has 0 heterocycles. The zero-order chi connectivity index (χ0) is 9.14. The summed E-state index contributed by atoms with van der Waals surface area (Å²) in [6.45, 7) is 0. The molecule has 0 aromatic heterocycles. The standard InChI is InChI=1S/C8H6Cl2N2/c9-6-4-8(12)7(10)3-5(6)1-2-11/h3-4H,1,12H2. The number of nitrogen functional groups attached to an aromatic ring is 1. The van der Waals surface area contributed by atoms with Gasteiger partial charge in [-0.1, -0.05) is 23.2 Å². The second kappa shape index (κ2) is 3.66. The Hall–Kier alpha value is -0.910. The van der Waals surface area contributed by atoms with Crippen LogP contribution in [0.1, 0.15) is 5.56 Å². The van der Waals surface area contributed by atoms with Crippen molar-refractivity contribution in [1.82, 2.24) is 0 Å². The second-order valence-corrected chi connectivity index (χ2v) is 3.11. The number of anilines is 1. The Morgan fingerprint density at radius 3 is 2.58 bits per heavy atom. The lowest BCUT2D eigenvalue weighted by molar-refractivity contribution is 1.26. The molecular weight excluding hydrogens is 195 g/mol. The first-order valence-electron chi connectivity index (χ1n) is 3.25. The van der Waals surface area contributed by atoms with Crippen molar-refractivity contribution in [2.75, 3.05) is 5.73 Å². The highest BCUT2D eigenvalue weighted by atomic mass is 35.5. The SMILES string of the molecule is N#CCc1cc(Cl)c(N)cc1Cl. The Kier molecular flexibility index (Phi) is 2.80. The van der Waals surface area contributed by atoms with E-state index in [2.05, 4.69) is 0 Å². The van der Waals surface area contributed by atoms with Crippen LogP contribution >= 0.6 is 23.2 Å². The third kappa shape index (κ3) is 1.82. The van der Waals surface area contributed by atoms with Gasteiger partial charge < -0.3 is 5.73 Å². The van der Waals surface area contributed by atoms with E-state index in [4.69, 9.17) is 34.2 Å². The number of hydrogen-bond acceptors (Lipinski definition) is 2. The topological polar surface area (TPSA) is 49.8 Å². The van der Waals surface area contributed by atoms with Crippen LogP contribution in [0, 0.1) is 11.3 Å². The molecule has 1 aromatic rings. The molecule has 12 heavy (non-hydrogen) atoms. The van der Waals surface area contributed by atoms with E-state index in [0.29, 0.717) is 21.3 Å². The van der Waals surface area contributed by atoms with Gasteiger partial charge in [-0.05, 0) is 17.7 Å². The van der Waals surface area contributed by atoms with Crippen LogP contribution < -0.4 is 5.73 Å². The van der Waals surface area contributed by atoms with Crippen molar-refractivity contribution < 1.29 is 0 Å². The van der Waals surface area contributed by atoms with Gasteiger partial charge in [0.1, 0.15) is 0 Å². The number of halogens is 2.